The number of hydrogen-bond donors (Lipinski definition) is 1. The number of aliphatic hydroxyl groups is 1. The van der Waals surface area contributed by atoms with Crippen LogP contribution in [0.3, 0.4) is 0 Å². The van der Waals surface area contributed by atoms with Gasteiger partial charge in [0.2, 0.25) is 0 Å². The molecule has 0 aliphatic rings. The molecule has 0 spiro atoms. The maximum absolute atomic E-state index is 10.4. The Bertz CT molecular complexity index is 170. The highest BCUT2D eigenvalue weighted by atomic mass is 16.5. The first-order valence-corrected chi connectivity index (χ1v) is 2.60. The number of esters is 1. The minimum atomic E-state index is -0.930. The van der Waals surface area contributed by atoms with E-state index in [1.165, 1.54) is 12.3 Å². The van der Waals surface area contributed by atoms with Crippen molar-refractivity contribution in [2.45, 2.75) is 12.5 Å². The van der Waals surface area contributed by atoms with Crippen LogP contribution < -0.4 is 0 Å². The third-order valence-electron chi connectivity index (χ3n) is 0.807. The largest absolute Gasteiger partial charge is 0.388 e. The van der Waals surface area contributed by atoms with Crippen LogP contribution in [0.15, 0.2) is 12.7 Å². The predicted octanol–water partition coefficient (Wildman–Crippen LogP) is -0.0523. The van der Waals surface area contributed by atoms with Gasteiger partial charge < -0.3 is 9.84 Å². The van der Waals surface area contributed by atoms with E-state index in [-0.39, 0.29) is 6.42 Å². The van der Waals surface area contributed by atoms with Crippen LogP contribution in [-0.4, -0.2) is 17.2 Å². The van der Waals surface area contributed by atoms with E-state index in [1.807, 2.05) is 0 Å². The highest BCUT2D eigenvalue weighted by Crippen LogP contribution is 1.93. The lowest BCUT2D eigenvalue weighted by Gasteiger charge is -1.98. The Kier molecular flexibility index (Phi) is 3.92. The van der Waals surface area contributed by atoms with Gasteiger partial charge in [-0.15, -0.1) is 11.8 Å². The molecule has 10 heavy (non-hydrogen) atoms. The first kappa shape index (κ1) is 8.66. The molecular weight excluding hydrogens is 134 g/mol. The molecule has 0 aliphatic heterocycles. The number of ether oxygens (including phenoxy) is 1. The second kappa shape index (κ2) is 4.53. The Hall–Kier alpha value is -1.34. The van der Waals surface area contributed by atoms with Gasteiger partial charge in [0.15, 0.2) is 0 Å². The zero-order valence-corrected chi connectivity index (χ0v) is 5.28. The van der Waals surface area contributed by atoms with Crippen molar-refractivity contribution in [1.29, 1.82) is 5.26 Å². The molecule has 0 aromatic carbocycles. The SMILES string of the molecule is C=CC(O)CC(=O)OC#N. The smallest absolute Gasteiger partial charge is 0.324 e. The number of carbonyl (C=O) groups excluding carboxylic acids is 1. The van der Waals surface area contributed by atoms with Gasteiger partial charge in [0.05, 0.1) is 12.5 Å². The van der Waals surface area contributed by atoms with Gasteiger partial charge in [0.25, 0.3) is 6.26 Å². The summed E-state index contributed by atoms with van der Waals surface area (Å²) in [7, 11) is 0. The van der Waals surface area contributed by atoms with Crippen LogP contribution in [0.2, 0.25) is 0 Å². The summed E-state index contributed by atoms with van der Waals surface area (Å²) in [4.78, 5) is 10.4. The van der Waals surface area contributed by atoms with Crippen LogP contribution in [0.25, 0.3) is 0 Å². The molecule has 0 radical (unpaired) electrons. The van der Waals surface area contributed by atoms with E-state index >= 15 is 0 Å². The van der Waals surface area contributed by atoms with Crippen molar-refractivity contribution < 1.29 is 14.6 Å². The van der Waals surface area contributed by atoms with Crippen molar-refractivity contribution in [1.82, 2.24) is 0 Å². The fourth-order valence-electron chi connectivity index (χ4n) is 0.347. The van der Waals surface area contributed by atoms with Crippen molar-refractivity contribution in [3.63, 3.8) is 0 Å². The molecule has 1 N–H and O–H groups in total. The highest BCUT2D eigenvalue weighted by Gasteiger charge is 2.07. The Morgan fingerprint density at radius 2 is 2.60 bits per heavy atom. The van der Waals surface area contributed by atoms with E-state index in [0.717, 1.165) is 0 Å². The molecule has 0 rings (SSSR count). The van der Waals surface area contributed by atoms with Crippen LogP contribution in [0, 0.1) is 11.5 Å². The lowest BCUT2D eigenvalue weighted by Crippen LogP contribution is -2.11. The molecule has 1 atom stereocenters. The van der Waals surface area contributed by atoms with Crippen LogP contribution in [-0.2, 0) is 9.53 Å². The molecular formula is C6H7NO3. The Labute approximate surface area is 58.3 Å². The van der Waals surface area contributed by atoms with Crippen molar-refractivity contribution in [3.05, 3.63) is 12.7 Å². The van der Waals surface area contributed by atoms with Crippen LogP contribution in [0.1, 0.15) is 6.42 Å². The molecule has 0 aliphatic carbocycles. The summed E-state index contributed by atoms with van der Waals surface area (Å²) in [6.07, 6.45) is 1.24. The quantitative estimate of drug-likeness (QED) is 0.340. The molecule has 0 heterocycles. The average molecular weight is 141 g/mol. The van der Waals surface area contributed by atoms with Gasteiger partial charge in [-0.05, 0) is 0 Å². The fraction of sp³-hybridized carbons (Fsp3) is 0.333. The monoisotopic (exact) mass is 141 g/mol. The summed E-state index contributed by atoms with van der Waals surface area (Å²) in [6, 6.07) is 0. The fourth-order valence-corrected chi connectivity index (χ4v) is 0.347. The van der Waals surface area contributed by atoms with Crippen LogP contribution in [0.5, 0.6) is 0 Å². The van der Waals surface area contributed by atoms with E-state index in [2.05, 4.69) is 11.3 Å². The van der Waals surface area contributed by atoms with Gasteiger partial charge in [-0.25, -0.2) is 0 Å². The number of nitriles is 1. The van der Waals surface area contributed by atoms with Gasteiger partial charge in [0, 0.05) is 0 Å². The number of hydrogen-bond acceptors (Lipinski definition) is 4. The van der Waals surface area contributed by atoms with E-state index in [9.17, 15) is 4.79 Å². The molecule has 0 saturated heterocycles. The summed E-state index contributed by atoms with van der Waals surface area (Å²) in [5, 5.41) is 16.5. The standard InChI is InChI=1S/C6H7NO3/c1-2-5(8)3-6(9)10-4-7/h2,5,8H,1,3H2. The van der Waals surface area contributed by atoms with E-state index in [4.69, 9.17) is 10.4 Å². The lowest BCUT2D eigenvalue weighted by atomic mass is 10.2. The Morgan fingerprint density at radius 1 is 2.00 bits per heavy atom. The maximum Gasteiger partial charge on any atom is 0.324 e. The first-order chi connectivity index (χ1) is 4.70. The summed E-state index contributed by atoms with van der Waals surface area (Å²) in [5.41, 5.74) is 0. The first-order valence-electron chi connectivity index (χ1n) is 2.60. The summed E-state index contributed by atoms with van der Waals surface area (Å²) < 4.78 is 3.87. The van der Waals surface area contributed by atoms with E-state index in [1.54, 1.807) is 0 Å². The van der Waals surface area contributed by atoms with Gasteiger partial charge in [-0.2, -0.15) is 0 Å². The molecule has 0 aromatic rings. The molecule has 0 aromatic heterocycles. The molecule has 0 saturated carbocycles. The van der Waals surface area contributed by atoms with Crippen molar-refractivity contribution in [2.24, 2.45) is 0 Å². The van der Waals surface area contributed by atoms with Gasteiger partial charge >= 0.3 is 5.97 Å². The summed E-state index contributed by atoms with van der Waals surface area (Å²) >= 11 is 0. The normalized spacial score (nSPS) is 11.2. The van der Waals surface area contributed by atoms with Gasteiger partial charge in [-0.3, -0.25) is 4.79 Å². The number of rotatable bonds is 3. The molecule has 54 valence electrons. The summed E-state index contributed by atoms with van der Waals surface area (Å²) in [5.74, 6) is -0.755. The average Bonchev–Trinajstić information content (AvgIpc) is 1.88. The minimum Gasteiger partial charge on any atom is -0.388 e. The molecule has 4 heteroatoms. The topological polar surface area (TPSA) is 70.3 Å². The number of aliphatic hydroxyl groups excluding tert-OH is 1. The predicted molar refractivity (Wildman–Crippen MR) is 32.5 cm³/mol. The second-order valence-corrected chi connectivity index (χ2v) is 1.57. The van der Waals surface area contributed by atoms with Crippen molar-refractivity contribution in [3.8, 4) is 6.26 Å². The lowest BCUT2D eigenvalue weighted by molar-refractivity contribution is -0.138. The minimum absolute atomic E-state index is 0.225. The zero-order chi connectivity index (χ0) is 7.98. The van der Waals surface area contributed by atoms with Crippen LogP contribution >= 0.6 is 0 Å². The third-order valence-corrected chi connectivity index (χ3v) is 0.807. The maximum atomic E-state index is 10.4. The van der Waals surface area contributed by atoms with Crippen molar-refractivity contribution >= 4 is 5.97 Å². The van der Waals surface area contributed by atoms with Crippen LogP contribution in [0.4, 0.5) is 0 Å². The molecule has 0 bridgehead atoms. The summed E-state index contributed by atoms with van der Waals surface area (Å²) in [6.45, 7) is 3.23. The Balaban J connectivity index is 3.59. The Morgan fingerprint density at radius 3 is 3.00 bits per heavy atom. The molecule has 0 fully saturated rings. The molecule has 0 amide bonds. The number of carbonyl (C=O) groups is 1. The highest BCUT2D eigenvalue weighted by molar-refractivity contribution is 5.71. The third kappa shape index (κ3) is 3.64. The zero-order valence-electron chi connectivity index (χ0n) is 5.28. The molecule has 1 unspecified atom stereocenters. The van der Waals surface area contributed by atoms with E-state index < -0.39 is 12.1 Å². The van der Waals surface area contributed by atoms with Gasteiger partial charge in [0.1, 0.15) is 0 Å². The number of nitrogens with zero attached hydrogens (tertiary/aromatic N) is 1. The second-order valence-electron chi connectivity index (χ2n) is 1.57. The molecule has 4 nitrogen and oxygen atoms in total. The van der Waals surface area contributed by atoms with Gasteiger partial charge in [-0.1, -0.05) is 6.08 Å². The van der Waals surface area contributed by atoms with E-state index in [0.29, 0.717) is 0 Å². The van der Waals surface area contributed by atoms with Crippen molar-refractivity contribution in [2.75, 3.05) is 0 Å².